The second kappa shape index (κ2) is 9.92. The van der Waals surface area contributed by atoms with E-state index in [9.17, 15) is 9.59 Å². The highest BCUT2D eigenvalue weighted by molar-refractivity contribution is 5.99. The number of primary amides is 1. The molecule has 10 heteroatoms. The lowest BCUT2D eigenvalue weighted by Gasteiger charge is -2.33. The van der Waals surface area contributed by atoms with E-state index in [1.165, 1.54) is 25.6 Å². The number of nitrogen functional groups attached to an aromatic ring is 1. The van der Waals surface area contributed by atoms with Crippen LogP contribution in [0.15, 0.2) is 48.9 Å². The first-order valence-electron chi connectivity index (χ1n) is 13.4. The SMILES string of the molecule is NC(=O)C1CCCCN1C(=O)c1cccc(-c2cc(-c3ccnn3C3CCCCC3)c3c(N)ncnn23)c1. The molecule has 10 nitrogen and oxygen atoms in total. The van der Waals surface area contributed by atoms with Gasteiger partial charge in [0.2, 0.25) is 5.91 Å². The molecule has 6 rings (SSSR count). The van der Waals surface area contributed by atoms with Crippen LogP contribution in [0.3, 0.4) is 0 Å². The van der Waals surface area contributed by atoms with Crippen molar-refractivity contribution in [1.29, 1.82) is 0 Å². The van der Waals surface area contributed by atoms with Gasteiger partial charge in [-0.2, -0.15) is 10.2 Å². The summed E-state index contributed by atoms with van der Waals surface area (Å²) in [4.78, 5) is 31.4. The summed E-state index contributed by atoms with van der Waals surface area (Å²) in [6, 6.07) is 11.2. The fourth-order valence-electron chi connectivity index (χ4n) is 6.06. The molecule has 1 aliphatic carbocycles. The summed E-state index contributed by atoms with van der Waals surface area (Å²) in [5.74, 6) is -0.276. The molecule has 1 unspecified atom stereocenters. The molecule has 4 aromatic rings. The van der Waals surface area contributed by atoms with Crippen LogP contribution in [0.1, 0.15) is 67.8 Å². The molecule has 1 aromatic carbocycles. The van der Waals surface area contributed by atoms with E-state index in [-0.39, 0.29) is 5.91 Å². The van der Waals surface area contributed by atoms with E-state index >= 15 is 0 Å². The van der Waals surface area contributed by atoms with Crippen molar-refractivity contribution in [2.45, 2.75) is 63.5 Å². The van der Waals surface area contributed by atoms with Crippen LogP contribution in [-0.2, 0) is 4.79 Å². The van der Waals surface area contributed by atoms with Gasteiger partial charge in [0.05, 0.1) is 17.4 Å². The molecule has 1 saturated carbocycles. The van der Waals surface area contributed by atoms with Crippen molar-refractivity contribution in [3.05, 3.63) is 54.5 Å². The average molecular weight is 513 g/mol. The Hall–Kier alpha value is -4.21. The van der Waals surface area contributed by atoms with Gasteiger partial charge >= 0.3 is 0 Å². The minimum atomic E-state index is -0.576. The Kier molecular flexibility index (Phi) is 6.30. The summed E-state index contributed by atoms with van der Waals surface area (Å²) in [6.45, 7) is 0.518. The zero-order chi connectivity index (χ0) is 26.2. The Balaban J connectivity index is 1.43. The van der Waals surface area contributed by atoms with Crippen molar-refractivity contribution in [2.75, 3.05) is 12.3 Å². The number of anilines is 1. The van der Waals surface area contributed by atoms with Gasteiger partial charge in [0, 0.05) is 29.4 Å². The van der Waals surface area contributed by atoms with Crippen LogP contribution >= 0.6 is 0 Å². The number of amides is 2. The van der Waals surface area contributed by atoms with Gasteiger partial charge in [-0.05, 0) is 56.4 Å². The third kappa shape index (κ3) is 4.19. The largest absolute Gasteiger partial charge is 0.382 e. The van der Waals surface area contributed by atoms with E-state index in [4.69, 9.17) is 11.5 Å². The van der Waals surface area contributed by atoms with E-state index in [1.54, 1.807) is 15.5 Å². The number of nitrogens with zero attached hydrogens (tertiary/aromatic N) is 6. The maximum Gasteiger partial charge on any atom is 0.254 e. The van der Waals surface area contributed by atoms with E-state index in [2.05, 4.69) is 19.9 Å². The maximum absolute atomic E-state index is 13.5. The second-order valence-electron chi connectivity index (χ2n) is 10.3. The van der Waals surface area contributed by atoms with Crippen LogP contribution in [0.25, 0.3) is 28.0 Å². The van der Waals surface area contributed by atoms with Gasteiger partial charge in [0.25, 0.3) is 5.91 Å². The molecule has 1 aliphatic heterocycles. The molecule has 2 aliphatic rings. The van der Waals surface area contributed by atoms with Crippen molar-refractivity contribution in [2.24, 2.45) is 5.73 Å². The highest BCUT2D eigenvalue weighted by atomic mass is 16.2. The zero-order valence-electron chi connectivity index (χ0n) is 21.3. The minimum Gasteiger partial charge on any atom is -0.382 e. The lowest BCUT2D eigenvalue weighted by Crippen LogP contribution is -2.50. The standard InChI is InChI=1S/C28H32N8O2/c29-26-25-21(22-12-13-32-35(22)20-9-2-1-3-10-20)16-24(36(25)33-17-31-26)18-7-6-8-19(15-18)28(38)34-14-5-4-11-23(34)27(30)37/h6-8,12-13,15-17,20,23H,1-5,9-11,14H2,(H2,30,37)(H2,29,31,33). The third-order valence-electron chi connectivity index (χ3n) is 7.95. The van der Waals surface area contributed by atoms with Gasteiger partial charge in [0.15, 0.2) is 5.82 Å². The molecule has 4 N–H and O–H groups in total. The number of piperidine rings is 1. The molecule has 0 radical (unpaired) electrons. The van der Waals surface area contributed by atoms with E-state index < -0.39 is 11.9 Å². The van der Waals surface area contributed by atoms with Gasteiger partial charge < -0.3 is 16.4 Å². The van der Waals surface area contributed by atoms with Crippen molar-refractivity contribution >= 4 is 23.1 Å². The number of benzene rings is 1. The van der Waals surface area contributed by atoms with Crippen molar-refractivity contribution < 1.29 is 9.59 Å². The topological polar surface area (TPSA) is 137 Å². The number of hydrogen-bond acceptors (Lipinski definition) is 6. The van der Waals surface area contributed by atoms with Crippen molar-refractivity contribution in [3.8, 4) is 22.5 Å². The van der Waals surface area contributed by atoms with Gasteiger partial charge in [-0.3, -0.25) is 14.3 Å². The Morgan fingerprint density at radius 1 is 0.921 bits per heavy atom. The molecule has 38 heavy (non-hydrogen) atoms. The molecule has 3 aromatic heterocycles. The second-order valence-corrected chi connectivity index (χ2v) is 10.3. The molecule has 0 spiro atoms. The van der Waals surface area contributed by atoms with Crippen LogP contribution in [0.4, 0.5) is 5.82 Å². The molecule has 1 atom stereocenters. The summed E-state index contributed by atoms with van der Waals surface area (Å²) < 4.78 is 3.90. The summed E-state index contributed by atoms with van der Waals surface area (Å²) in [5, 5.41) is 9.21. The minimum absolute atomic E-state index is 0.194. The zero-order valence-corrected chi connectivity index (χ0v) is 21.3. The predicted molar refractivity (Wildman–Crippen MR) is 144 cm³/mol. The van der Waals surface area contributed by atoms with E-state index in [0.717, 1.165) is 48.2 Å². The first-order valence-corrected chi connectivity index (χ1v) is 13.4. The normalized spacial score (nSPS) is 18.6. The number of carbonyl (C=O) groups is 2. The van der Waals surface area contributed by atoms with Crippen LogP contribution in [0.2, 0.25) is 0 Å². The summed E-state index contributed by atoms with van der Waals surface area (Å²) in [7, 11) is 0. The number of fused-ring (bicyclic) bond motifs is 1. The summed E-state index contributed by atoms with van der Waals surface area (Å²) in [6.07, 6.45) is 11.5. The van der Waals surface area contributed by atoms with Crippen molar-refractivity contribution in [1.82, 2.24) is 29.3 Å². The van der Waals surface area contributed by atoms with Crippen LogP contribution in [-0.4, -0.2) is 53.7 Å². The average Bonchev–Trinajstić information content (AvgIpc) is 3.59. The summed E-state index contributed by atoms with van der Waals surface area (Å²) in [5.41, 5.74) is 16.7. The highest BCUT2D eigenvalue weighted by Gasteiger charge is 2.31. The maximum atomic E-state index is 13.5. The van der Waals surface area contributed by atoms with Gasteiger partial charge in [-0.1, -0.05) is 31.4 Å². The number of carbonyl (C=O) groups excluding carboxylic acids is 2. The van der Waals surface area contributed by atoms with Gasteiger partial charge in [-0.15, -0.1) is 0 Å². The molecule has 2 fully saturated rings. The van der Waals surface area contributed by atoms with Crippen LogP contribution in [0, 0.1) is 0 Å². The quantitative estimate of drug-likeness (QED) is 0.417. The summed E-state index contributed by atoms with van der Waals surface area (Å²) >= 11 is 0. The van der Waals surface area contributed by atoms with Crippen LogP contribution < -0.4 is 11.5 Å². The lowest BCUT2D eigenvalue weighted by atomic mass is 9.95. The smallest absolute Gasteiger partial charge is 0.254 e. The molecule has 4 heterocycles. The number of nitrogens with two attached hydrogens (primary N) is 2. The monoisotopic (exact) mass is 512 g/mol. The third-order valence-corrected chi connectivity index (χ3v) is 7.95. The molecular weight excluding hydrogens is 480 g/mol. The van der Waals surface area contributed by atoms with E-state index in [0.29, 0.717) is 35.9 Å². The first-order chi connectivity index (χ1) is 18.5. The fourth-order valence-corrected chi connectivity index (χ4v) is 6.06. The molecule has 196 valence electrons. The number of likely N-dealkylation sites (tertiary alicyclic amines) is 1. The van der Waals surface area contributed by atoms with E-state index in [1.807, 2.05) is 36.5 Å². The highest BCUT2D eigenvalue weighted by Crippen LogP contribution is 2.38. The molecule has 0 bridgehead atoms. The molecule has 1 saturated heterocycles. The van der Waals surface area contributed by atoms with Gasteiger partial charge in [0.1, 0.15) is 17.9 Å². The lowest BCUT2D eigenvalue weighted by molar-refractivity contribution is -0.123. The van der Waals surface area contributed by atoms with Crippen molar-refractivity contribution in [3.63, 3.8) is 0 Å². The predicted octanol–water partition coefficient (Wildman–Crippen LogP) is 3.83. The Bertz CT molecular complexity index is 1500. The number of aromatic nitrogens is 5. The Morgan fingerprint density at radius 3 is 2.55 bits per heavy atom. The van der Waals surface area contributed by atoms with Crippen LogP contribution in [0.5, 0.6) is 0 Å². The number of hydrogen-bond donors (Lipinski definition) is 2. The Morgan fingerprint density at radius 2 is 1.74 bits per heavy atom. The molecule has 2 amide bonds. The molecular formula is C28H32N8O2. The fraction of sp³-hybridized carbons (Fsp3) is 0.393. The Labute approximate surface area is 220 Å². The first kappa shape index (κ1) is 24.1. The number of rotatable bonds is 5. The van der Waals surface area contributed by atoms with Gasteiger partial charge in [-0.25, -0.2) is 9.50 Å².